The van der Waals surface area contributed by atoms with Crippen LogP contribution in [0.4, 0.5) is 10.1 Å². The number of thioether (sulfide) groups is 1. The Morgan fingerprint density at radius 2 is 1.91 bits per heavy atom. The number of carbonyl (C=O) groups is 1. The summed E-state index contributed by atoms with van der Waals surface area (Å²) >= 11 is 1.32. The van der Waals surface area contributed by atoms with Crippen LogP contribution in [0.5, 0.6) is 0 Å². The van der Waals surface area contributed by atoms with Crippen LogP contribution in [0.15, 0.2) is 40.3 Å². The third-order valence-corrected chi connectivity index (χ3v) is 6.90. The van der Waals surface area contributed by atoms with Crippen LogP contribution in [-0.2, 0) is 4.79 Å². The average Bonchev–Trinajstić information content (AvgIpc) is 3.18. The van der Waals surface area contributed by atoms with Gasteiger partial charge in [0.15, 0.2) is 5.16 Å². The molecule has 2 aromatic heterocycles. The maximum absolute atomic E-state index is 13.2. The zero-order valence-corrected chi connectivity index (χ0v) is 19.4. The molecule has 1 fully saturated rings. The smallest absolute Gasteiger partial charge is 0.278 e. The van der Waals surface area contributed by atoms with Crippen molar-refractivity contribution in [1.29, 1.82) is 0 Å². The predicted molar refractivity (Wildman–Crippen MR) is 126 cm³/mol. The van der Waals surface area contributed by atoms with Crippen molar-refractivity contribution >= 4 is 34.4 Å². The van der Waals surface area contributed by atoms with Gasteiger partial charge in [-0.2, -0.15) is 0 Å². The Kier molecular flexibility index (Phi) is 6.55. The Balaban J connectivity index is 1.44. The highest BCUT2D eigenvalue weighted by Gasteiger charge is 2.23. The molecule has 0 spiro atoms. The molecular weight excluding hydrogens is 429 g/mol. The van der Waals surface area contributed by atoms with Crippen LogP contribution < -0.4 is 10.5 Å². The summed E-state index contributed by atoms with van der Waals surface area (Å²) in [6.07, 6.45) is 0.791. The second-order valence-electron chi connectivity index (χ2n) is 8.17. The van der Waals surface area contributed by atoms with Gasteiger partial charge in [-0.3, -0.25) is 14.2 Å². The van der Waals surface area contributed by atoms with Crippen molar-refractivity contribution in [2.45, 2.75) is 38.4 Å². The minimum Gasteiger partial charge on any atom is -0.368 e. The highest BCUT2D eigenvalue weighted by Crippen LogP contribution is 2.24. The number of benzene rings is 1. The van der Waals surface area contributed by atoms with Gasteiger partial charge < -0.3 is 14.8 Å². The number of carbonyl (C=O) groups excluding carboxylic acids is 1. The van der Waals surface area contributed by atoms with Crippen molar-refractivity contribution in [1.82, 2.24) is 19.4 Å². The molecule has 32 heavy (non-hydrogen) atoms. The summed E-state index contributed by atoms with van der Waals surface area (Å²) in [5.41, 5.74) is 2.90. The van der Waals surface area contributed by atoms with Gasteiger partial charge in [0.05, 0.1) is 11.3 Å². The molecule has 9 heteroatoms. The van der Waals surface area contributed by atoms with E-state index in [1.165, 1.54) is 23.9 Å². The molecule has 1 N–H and O–H groups in total. The second kappa shape index (κ2) is 9.36. The average molecular weight is 458 g/mol. The van der Waals surface area contributed by atoms with E-state index in [1.807, 2.05) is 31.7 Å². The second-order valence-corrected chi connectivity index (χ2v) is 9.11. The first-order valence-electron chi connectivity index (χ1n) is 10.9. The Labute approximate surface area is 190 Å². The molecule has 1 amide bonds. The maximum atomic E-state index is 13.2. The molecule has 0 unspecified atom stereocenters. The Morgan fingerprint density at radius 3 is 2.56 bits per heavy atom. The van der Waals surface area contributed by atoms with Crippen molar-refractivity contribution in [3.63, 3.8) is 0 Å². The van der Waals surface area contributed by atoms with Crippen LogP contribution >= 0.6 is 11.8 Å². The zero-order valence-electron chi connectivity index (χ0n) is 18.6. The lowest BCUT2D eigenvalue weighted by Crippen LogP contribution is -2.49. The van der Waals surface area contributed by atoms with Gasteiger partial charge >= 0.3 is 0 Å². The molecule has 170 valence electrons. The molecule has 0 radical (unpaired) electrons. The number of nitrogens with zero attached hydrogens (tertiary/aromatic N) is 4. The minimum atomic E-state index is -0.253. The van der Waals surface area contributed by atoms with Gasteiger partial charge in [0.1, 0.15) is 11.3 Å². The molecular formula is C23H28FN5O2S. The molecule has 1 saturated heterocycles. The molecule has 7 nitrogen and oxygen atoms in total. The third kappa shape index (κ3) is 4.53. The number of piperazine rings is 1. The number of rotatable bonds is 6. The number of H-pyrrole nitrogens is 1. The molecule has 0 bridgehead atoms. The lowest BCUT2D eigenvalue weighted by Gasteiger charge is -2.36. The van der Waals surface area contributed by atoms with Crippen LogP contribution in [0.1, 0.15) is 32.0 Å². The van der Waals surface area contributed by atoms with Crippen molar-refractivity contribution < 1.29 is 9.18 Å². The fraction of sp³-hybridized carbons (Fsp3) is 0.435. The van der Waals surface area contributed by atoms with E-state index in [9.17, 15) is 14.0 Å². The van der Waals surface area contributed by atoms with Crippen LogP contribution in [0.2, 0.25) is 0 Å². The van der Waals surface area contributed by atoms with Crippen LogP contribution in [0.25, 0.3) is 11.0 Å². The molecule has 4 rings (SSSR count). The molecule has 3 heterocycles. The predicted octanol–water partition coefficient (Wildman–Crippen LogP) is 3.58. The Morgan fingerprint density at radius 1 is 1.22 bits per heavy atom. The molecule has 3 aromatic rings. The number of fused-ring (bicyclic) bond motifs is 1. The first-order valence-corrected chi connectivity index (χ1v) is 11.9. The topological polar surface area (TPSA) is 74.2 Å². The van der Waals surface area contributed by atoms with Gasteiger partial charge in [0.2, 0.25) is 5.91 Å². The number of anilines is 1. The monoisotopic (exact) mass is 457 g/mol. The van der Waals surface area contributed by atoms with Gasteiger partial charge in [0, 0.05) is 43.6 Å². The summed E-state index contributed by atoms with van der Waals surface area (Å²) in [5, 5.41) is 0.578. The molecule has 1 aliphatic heterocycles. The summed E-state index contributed by atoms with van der Waals surface area (Å²) in [6.45, 7) is 8.54. The Bertz CT molecular complexity index is 1170. The van der Waals surface area contributed by atoms with Crippen molar-refractivity contribution in [2.75, 3.05) is 36.8 Å². The van der Waals surface area contributed by atoms with E-state index in [0.29, 0.717) is 42.4 Å². The van der Waals surface area contributed by atoms with Gasteiger partial charge in [-0.15, -0.1) is 0 Å². The maximum Gasteiger partial charge on any atom is 0.278 e. The van der Waals surface area contributed by atoms with E-state index < -0.39 is 0 Å². The number of aryl methyl sites for hydroxylation is 1. The summed E-state index contributed by atoms with van der Waals surface area (Å²) in [6, 6.07) is 8.28. The SMILES string of the molecule is CC[C@@H](C)n1c(SCC(=O)N2CCN(c3ccc(F)cc3)CC2)nc2cc(C)[nH]c2c1=O. The van der Waals surface area contributed by atoms with Crippen LogP contribution in [-0.4, -0.2) is 57.3 Å². The minimum absolute atomic E-state index is 0.0140. The molecule has 0 saturated carbocycles. The lowest BCUT2D eigenvalue weighted by atomic mass is 10.2. The lowest BCUT2D eigenvalue weighted by molar-refractivity contribution is -0.128. The number of aromatic amines is 1. The standard InChI is InChI=1S/C23H28FN5O2S/c1-4-16(3)29-22(31)21-19(13-15(2)25-21)26-23(29)32-14-20(30)28-11-9-27(10-12-28)18-7-5-17(24)6-8-18/h5-8,13,16,25H,4,9-12,14H2,1-3H3/t16-/m1/s1. The van der Waals surface area contributed by atoms with E-state index in [-0.39, 0.29) is 29.1 Å². The molecule has 1 aromatic carbocycles. The normalized spacial score (nSPS) is 15.4. The van der Waals surface area contributed by atoms with Crippen LogP contribution in [0.3, 0.4) is 0 Å². The highest BCUT2D eigenvalue weighted by atomic mass is 32.2. The highest BCUT2D eigenvalue weighted by molar-refractivity contribution is 7.99. The van der Waals surface area contributed by atoms with E-state index >= 15 is 0 Å². The van der Waals surface area contributed by atoms with E-state index in [2.05, 4.69) is 14.9 Å². The molecule has 1 aliphatic rings. The summed E-state index contributed by atoms with van der Waals surface area (Å²) < 4.78 is 14.9. The Hall–Kier alpha value is -2.81. The number of hydrogen-bond acceptors (Lipinski definition) is 5. The number of amides is 1. The number of nitrogens with one attached hydrogen (secondary N) is 1. The van der Waals surface area contributed by atoms with Gasteiger partial charge in [0.25, 0.3) is 5.56 Å². The first kappa shape index (κ1) is 22.4. The van der Waals surface area contributed by atoms with Gasteiger partial charge in [-0.05, 0) is 50.6 Å². The fourth-order valence-electron chi connectivity index (χ4n) is 3.95. The third-order valence-electron chi connectivity index (χ3n) is 5.97. The summed E-state index contributed by atoms with van der Waals surface area (Å²) in [7, 11) is 0. The van der Waals surface area contributed by atoms with Crippen molar-refractivity contribution in [3.8, 4) is 0 Å². The number of aromatic nitrogens is 3. The number of halogens is 1. The molecule has 0 aliphatic carbocycles. The zero-order chi connectivity index (χ0) is 22.8. The van der Waals surface area contributed by atoms with E-state index in [0.717, 1.165) is 17.8 Å². The van der Waals surface area contributed by atoms with Gasteiger partial charge in [-0.1, -0.05) is 18.7 Å². The quantitative estimate of drug-likeness (QED) is 0.452. The number of hydrogen-bond donors (Lipinski definition) is 1. The van der Waals surface area contributed by atoms with Crippen LogP contribution in [0, 0.1) is 12.7 Å². The van der Waals surface area contributed by atoms with E-state index in [4.69, 9.17) is 0 Å². The van der Waals surface area contributed by atoms with Crippen molar-refractivity contribution in [3.05, 3.63) is 52.2 Å². The van der Waals surface area contributed by atoms with Crippen molar-refractivity contribution in [2.24, 2.45) is 0 Å². The van der Waals surface area contributed by atoms with Gasteiger partial charge in [-0.25, -0.2) is 9.37 Å². The summed E-state index contributed by atoms with van der Waals surface area (Å²) in [4.78, 5) is 37.7. The summed E-state index contributed by atoms with van der Waals surface area (Å²) in [5.74, 6) is 0.00929. The molecule has 1 atom stereocenters. The first-order chi connectivity index (χ1) is 15.4. The largest absolute Gasteiger partial charge is 0.368 e. The fourth-order valence-corrected chi connectivity index (χ4v) is 4.95. The van der Waals surface area contributed by atoms with E-state index in [1.54, 1.807) is 16.7 Å².